The Morgan fingerprint density at radius 3 is 2.50 bits per heavy atom. The third-order valence-corrected chi connectivity index (χ3v) is 4.71. The highest BCUT2D eigenvalue weighted by atomic mass is 32.2. The average molecular weight is 328 g/mol. The normalized spacial score (nSPS) is 18.8. The van der Waals surface area contributed by atoms with Gasteiger partial charge in [-0.1, -0.05) is 0 Å². The molecule has 0 atom stereocenters. The number of nitrogens with zero attached hydrogens (tertiary/aromatic N) is 3. The van der Waals surface area contributed by atoms with Crippen LogP contribution in [0.4, 0.5) is 17.1 Å². The molecule has 0 radical (unpaired) electrons. The molecule has 1 aliphatic heterocycles. The summed E-state index contributed by atoms with van der Waals surface area (Å²) in [6.07, 6.45) is 0.929. The first kappa shape index (κ1) is 15.8. The zero-order valence-corrected chi connectivity index (χ0v) is 12.1. The van der Waals surface area contributed by atoms with E-state index >= 15 is 0 Å². The Balaban J connectivity index is 2.26. The molecule has 1 aromatic rings. The van der Waals surface area contributed by atoms with Crippen LogP contribution in [0, 0.1) is 20.2 Å². The van der Waals surface area contributed by atoms with Crippen molar-refractivity contribution in [1.82, 2.24) is 0 Å². The van der Waals surface area contributed by atoms with E-state index in [0.717, 1.165) is 18.2 Å². The van der Waals surface area contributed by atoms with Crippen LogP contribution in [0.1, 0.15) is 12.8 Å². The monoisotopic (exact) mass is 328 g/mol. The molecule has 0 saturated carbocycles. The Morgan fingerprint density at radius 1 is 1.18 bits per heavy atom. The zero-order valence-electron chi connectivity index (χ0n) is 11.3. The number of anilines is 1. The Kier molecular flexibility index (Phi) is 4.35. The SMILES string of the molecule is O=[N+]([O-])c1ccc(N/N=C2/CCCS(=O)(=O)C2)c([N+](=O)[O-])c1. The van der Waals surface area contributed by atoms with Crippen molar-refractivity contribution in [2.75, 3.05) is 16.9 Å². The van der Waals surface area contributed by atoms with Gasteiger partial charge in [-0.2, -0.15) is 5.10 Å². The summed E-state index contributed by atoms with van der Waals surface area (Å²) in [4.78, 5) is 20.1. The zero-order chi connectivity index (χ0) is 16.3. The van der Waals surface area contributed by atoms with Crippen LogP contribution >= 0.6 is 0 Å². The Labute approximate surface area is 125 Å². The fourth-order valence-corrected chi connectivity index (χ4v) is 3.45. The third kappa shape index (κ3) is 3.75. The number of nitro groups is 2. The van der Waals surface area contributed by atoms with E-state index in [1.807, 2.05) is 0 Å². The molecule has 11 heteroatoms. The van der Waals surface area contributed by atoms with E-state index in [0.29, 0.717) is 18.6 Å². The van der Waals surface area contributed by atoms with Gasteiger partial charge >= 0.3 is 5.69 Å². The second-order valence-electron chi connectivity index (χ2n) is 4.70. The summed E-state index contributed by atoms with van der Waals surface area (Å²) in [5, 5.41) is 25.5. The molecule has 1 saturated heterocycles. The summed E-state index contributed by atoms with van der Waals surface area (Å²) in [5.41, 5.74) is 1.85. The van der Waals surface area contributed by atoms with Crippen molar-refractivity contribution in [1.29, 1.82) is 0 Å². The predicted molar refractivity (Wildman–Crippen MR) is 78.7 cm³/mol. The van der Waals surface area contributed by atoms with E-state index in [1.165, 1.54) is 0 Å². The number of hydrogen-bond donors (Lipinski definition) is 1. The van der Waals surface area contributed by atoms with E-state index < -0.39 is 31.1 Å². The second-order valence-corrected chi connectivity index (χ2v) is 6.89. The van der Waals surface area contributed by atoms with E-state index in [-0.39, 0.29) is 17.2 Å². The Hall–Kier alpha value is -2.56. The minimum absolute atomic E-state index is 0.0360. The standard InChI is InChI=1S/C11H12N4O6S/c16-14(17)9-3-4-10(11(6-9)15(18)19)13-12-8-2-1-5-22(20,21)7-8/h3-4,6,13H,1-2,5,7H2/b12-8-. The smallest absolute Gasteiger partial charge is 0.272 e. The molecule has 22 heavy (non-hydrogen) atoms. The number of hydrazone groups is 1. The summed E-state index contributed by atoms with van der Waals surface area (Å²) in [7, 11) is -3.17. The maximum absolute atomic E-state index is 11.5. The van der Waals surface area contributed by atoms with Gasteiger partial charge in [-0.05, 0) is 18.9 Å². The minimum atomic E-state index is -3.17. The maximum atomic E-state index is 11.5. The molecule has 1 aromatic carbocycles. The summed E-state index contributed by atoms with van der Waals surface area (Å²) in [6.45, 7) is 0. The number of sulfone groups is 1. The van der Waals surface area contributed by atoms with Crippen molar-refractivity contribution in [2.45, 2.75) is 12.8 Å². The molecule has 0 unspecified atom stereocenters. The fourth-order valence-electron chi connectivity index (χ4n) is 2.00. The van der Waals surface area contributed by atoms with Crippen molar-refractivity contribution < 1.29 is 18.3 Å². The Morgan fingerprint density at radius 2 is 1.91 bits per heavy atom. The largest absolute Gasteiger partial charge is 0.301 e. The molecule has 0 spiro atoms. The number of nitro benzene ring substituents is 2. The van der Waals surface area contributed by atoms with Crippen LogP contribution in [0.25, 0.3) is 0 Å². The molecule has 0 aromatic heterocycles. The van der Waals surface area contributed by atoms with Crippen LogP contribution in [-0.2, 0) is 9.84 Å². The van der Waals surface area contributed by atoms with Crippen LogP contribution in [0.5, 0.6) is 0 Å². The van der Waals surface area contributed by atoms with Gasteiger partial charge in [-0.25, -0.2) is 8.42 Å². The Bertz CT molecular complexity index is 758. The van der Waals surface area contributed by atoms with E-state index in [9.17, 15) is 28.6 Å². The van der Waals surface area contributed by atoms with Crippen molar-refractivity contribution in [2.24, 2.45) is 5.10 Å². The molecule has 1 heterocycles. The molecule has 0 aliphatic carbocycles. The molecule has 118 valence electrons. The van der Waals surface area contributed by atoms with Gasteiger partial charge < -0.3 is 0 Å². The number of hydrogen-bond acceptors (Lipinski definition) is 8. The lowest BCUT2D eigenvalue weighted by Crippen LogP contribution is -2.25. The summed E-state index contributed by atoms with van der Waals surface area (Å²) < 4.78 is 23.0. The van der Waals surface area contributed by atoms with Gasteiger partial charge in [0.1, 0.15) is 5.69 Å². The lowest BCUT2D eigenvalue weighted by atomic mass is 10.2. The first-order chi connectivity index (χ1) is 10.3. The highest BCUT2D eigenvalue weighted by Crippen LogP contribution is 2.29. The van der Waals surface area contributed by atoms with Crippen LogP contribution in [0.2, 0.25) is 0 Å². The lowest BCUT2D eigenvalue weighted by molar-refractivity contribution is -0.393. The lowest BCUT2D eigenvalue weighted by Gasteiger charge is -2.13. The van der Waals surface area contributed by atoms with Crippen molar-refractivity contribution in [3.05, 3.63) is 38.4 Å². The number of rotatable bonds is 4. The van der Waals surface area contributed by atoms with Crippen LogP contribution in [0.3, 0.4) is 0 Å². The van der Waals surface area contributed by atoms with Gasteiger partial charge in [0, 0.05) is 6.07 Å². The number of nitrogens with one attached hydrogen (secondary N) is 1. The average Bonchev–Trinajstić information content (AvgIpc) is 2.43. The van der Waals surface area contributed by atoms with Gasteiger partial charge in [0.25, 0.3) is 5.69 Å². The van der Waals surface area contributed by atoms with Gasteiger partial charge in [-0.3, -0.25) is 25.7 Å². The van der Waals surface area contributed by atoms with E-state index in [2.05, 4.69) is 10.5 Å². The molecule has 0 amide bonds. The molecule has 1 fully saturated rings. The first-order valence-corrected chi connectivity index (χ1v) is 8.05. The van der Waals surface area contributed by atoms with Crippen molar-refractivity contribution in [3.8, 4) is 0 Å². The van der Waals surface area contributed by atoms with E-state index in [1.54, 1.807) is 0 Å². The van der Waals surface area contributed by atoms with Gasteiger partial charge in [0.05, 0.1) is 33.1 Å². The summed E-state index contributed by atoms with van der Waals surface area (Å²) in [6, 6.07) is 3.09. The van der Waals surface area contributed by atoms with Crippen molar-refractivity contribution >= 4 is 32.6 Å². The molecule has 2 rings (SSSR count). The van der Waals surface area contributed by atoms with Gasteiger partial charge in [0.15, 0.2) is 9.84 Å². The van der Waals surface area contributed by atoms with Gasteiger partial charge in [0.2, 0.25) is 0 Å². The van der Waals surface area contributed by atoms with Crippen LogP contribution < -0.4 is 5.43 Å². The number of non-ortho nitro benzene ring substituents is 1. The molecule has 10 nitrogen and oxygen atoms in total. The summed E-state index contributed by atoms with van der Waals surface area (Å²) in [5.74, 6) is -0.0928. The minimum Gasteiger partial charge on any atom is -0.272 e. The highest BCUT2D eigenvalue weighted by Gasteiger charge is 2.22. The predicted octanol–water partition coefficient (Wildman–Crippen LogP) is 1.48. The van der Waals surface area contributed by atoms with Crippen molar-refractivity contribution in [3.63, 3.8) is 0 Å². The van der Waals surface area contributed by atoms with Crippen LogP contribution in [0.15, 0.2) is 23.3 Å². The first-order valence-electron chi connectivity index (χ1n) is 6.23. The molecule has 0 bridgehead atoms. The topological polar surface area (TPSA) is 145 Å². The molecular formula is C11H12N4O6S. The fraction of sp³-hybridized carbons (Fsp3) is 0.364. The quantitative estimate of drug-likeness (QED) is 0.650. The third-order valence-electron chi connectivity index (χ3n) is 3.03. The molecule has 1 N–H and O–H groups in total. The molecular weight excluding hydrogens is 316 g/mol. The second kappa shape index (κ2) is 6.05. The van der Waals surface area contributed by atoms with Gasteiger partial charge in [-0.15, -0.1) is 0 Å². The maximum Gasteiger partial charge on any atom is 0.301 e. The number of benzene rings is 1. The highest BCUT2D eigenvalue weighted by molar-refractivity contribution is 7.92. The molecule has 1 aliphatic rings. The van der Waals surface area contributed by atoms with Crippen LogP contribution in [-0.4, -0.2) is 35.5 Å². The van der Waals surface area contributed by atoms with E-state index in [4.69, 9.17) is 0 Å². The summed E-state index contributed by atoms with van der Waals surface area (Å²) >= 11 is 0.